The van der Waals surface area contributed by atoms with Crippen LogP contribution in [0.25, 0.3) is 10.6 Å². The molecule has 16 heavy (non-hydrogen) atoms. The molecule has 2 aromatic rings. The Kier molecular flexibility index (Phi) is 4.07. The van der Waals surface area contributed by atoms with Crippen molar-refractivity contribution < 1.29 is 4.39 Å². The largest absolute Gasteiger partial charge is 0.312 e. The van der Waals surface area contributed by atoms with Crippen LogP contribution in [-0.2, 0) is 6.54 Å². The van der Waals surface area contributed by atoms with Crippen LogP contribution in [-0.4, -0.2) is 23.4 Å². The molecule has 0 saturated heterocycles. The minimum Gasteiger partial charge on any atom is -0.312 e. The molecule has 0 unspecified atom stereocenters. The van der Waals surface area contributed by atoms with Crippen molar-refractivity contribution in [3.63, 3.8) is 0 Å². The smallest absolute Gasteiger partial charge is 0.0906 e. The van der Waals surface area contributed by atoms with Crippen molar-refractivity contribution in [3.8, 4) is 10.6 Å². The molecule has 3 nitrogen and oxygen atoms in total. The van der Waals surface area contributed by atoms with Crippen molar-refractivity contribution in [1.29, 1.82) is 0 Å². The van der Waals surface area contributed by atoms with E-state index < -0.39 is 0 Å². The molecule has 0 aromatic carbocycles. The van der Waals surface area contributed by atoms with E-state index in [1.54, 1.807) is 11.3 Å². The van der Waals surface area contributed by atoms with Crippen LogP contribution in [0, 0.1) is 0 Å². The van der Waals surface area contributed by atoms with Gasteiger partial charge in [0.15, 0.2) is 0 Å². The van der Waals surface area contributed by atoms with Crippen molar-refractivity contribution in [2.45, 2.75) is 13.0 Å². The summed E-state index contributed by atoms with van der Waals surface area (Å²) in [4.78, 5) is 1.18. The number of aromatic amines is 1. The lowest BCUT2D eigenvalue weighted by Crippen LogP contribution is -2.15. The average Bonchev–Trinajstić information content (AvgIpc) is 2.94. The summed E-state index contributed by atoms with van der Waals surface area (Å²) in [7, 11) is 0. The quantitative estimate of drug-likeness (QED) is 0.761. The summed E-state index contributed by atoms with van der Waals surface area (Å²) in [6.07, 6.45) is 2.38. The standard InChI is InChI=1S/C11H14FN3S/c12-4-2-5-13-7-9-8-14-15-11(9)10-3-1-6-16-10/h1,3,6,8,13H,2,4-5,7H2,(H,14,15). The first-order valence-corrected chi connectivity index (χ1v) is 6.12. The number of thiophene rings is 1. The summed E-state index contributed by atoms with van der Waals surface area (Å²) < 4.78 is 11.9. The van der Waals surface area contributed by atoms with Gasteiger partial charge in [0.05, 0.1) is 23.4 Å². The van der Waals surface area contributed by atoms with Crippen molar-refractivity contribution in [2.24, 2.45) is 0 Å². The molecule has 0 bridgehead atoms. The molecule has 2 heterocycles. The van der Waals surface area contributed by atoms with Gasteiger partial charge >= 0.3 is 0 Å². The van der Waals surface area contributed by atoms with Crippen LogP contribution in [0.5, 0.6) is 0 Å². The maximum absolute atomic E-state index is 11.9. The lowest BCUT2D eigenvalue weighted by Gasteiger charge is -2.02. The van der Waals surface area contributed by atoms with Gasteiger partial charge in [-0.1, -0.05) is 6.07 Å². The van der Waals surface area contributed by atoms with Crippen LogP contribution >= 0.6 is 11.3 Å². The molecule has 0 atom stereocenters. The highest BCUT2D eigenvalue weighted by atomic mass is 32.1. The summed E-state index contributed by atoms with van der Waals surface area (Å²) in [5.41, 5.74) is 2.18. The van der Waals surface area contributed by atoms with Gasteiger partial charge in [-0.3, -0.25) is 9.49 Å². The maximum atomic E-state index is 11.9. The molecule has 2 aromatic heterocycles. The first-order valence-electron chi connectivity index (χ1n) is 5.24. The van der Waals surface area contributed by atoms with Crippen molar-refractivity contribution in [1.82, 2.24) is 15.5 Å². The number of H-pyrrole nitrogens is 1. The Hall–Kier alpha value is -1.20. The average molecular weight is 239 g/mol. The van der Waals surface area contributed by atoms with Gasteiger partial charge in [-0.2, -0.15) is 5.10 Å². The summed E-state index contributed by atoms with van der Waals surface area (Å²) in [5.74, 6) is 0. The third-order valence-electron chi connectivity index (χ3n) is 2.29. The summed E-state index contributed by atoms with van der Waals surface area (Å²) in [6, 6.07) is 4.07. The van der Waals surface area contributed by atoms with Crippen molar-refractivity contribution in [3.05, 3.63) is 29.3 Å². The Morgan fingerprint density at radius 2 is 2.44 bits per heavy atom. The molecule has 0 aliphatic rings. The zero-order valence-electron chi connectivity index (χ0n) is 8.87. The van der Waals surface area contributed by atoms with Crippen LogP contribution < -0.4 is 5.32 Å². The van der Waals surface area contributed by atoms with E-state index in [-0.39, 0.29) is 6.67 Å². The highest BCUT2D eigenvalue weighted by molar-refractivity contribution is 7.13. The fourth-order valence-corrected chi connectivity index (χ4v) is 2.25. The Morgan fingerprint density at radius 1 is 1.50 bits per heavy atom. The van der Waals surface area contributed by atoms with Gasteiger partial charge in [0.25, 0.3) is 0 Å². The zero-order valence-corrected chi connectivity index (χ0v) is 9.69. The lowest BCUT2D eigenvalue weighted by atomic mass is 10.2. The van der Waals surface area contributed by atoms with Gasteiger partial charge < -0.3 is 5.32 Å². The number of rotatable bonds is 6. The van der Waals surface area contributed by atoms with Crippen LogP contribution in [0.1, 0.15) is 12.0 Å². The number of hydrogen-bond acceptors (Lipinski definition) is 3. The predicted molar refractivity (Wildman–Crippen MR) is 64.2 cm³/mol. The molecule has 0 spiro atoms. The third kappa shape index (κ3) is 2.68. The summed E-state index contributed by atoms with van der Waals surface area (Å²) in [6.45, 7) is 1.16. The van der Waals surface area contributed by atoms with E-state index in [1.165, 1.54) is 4.88 Å². The number of aromatic nitrogens is 2. The number of nitrogens with one attached hydrogen (secondary N) is 2. The third-order valence-corrected chi connectivity index (χ3v) is 3.18. The van der Waals surface area contributed by atoms with E-state index >= 15 is 0 Å². The Labute approximate surface area is 97.7 Å². The highest BCUT2D eigenvalue weighted by Crippen LogP contribution is 2.25. The zero-order chi connectivity index (χ0) is 11.2. The van der Waals surface area contributed by atoms with Crippen LogP contribution in [0.4, 0.5) is 4.39 Å². The lowest BCUT2D eigenvalue weighted by molar-refractivity contribution is 0.459. The van der Waals surface area contributed by atoms with Gasteiger partial charge in [0.1, 0.15) is 0 Å². The molecule has 5 heteroatoms. The van der Waals surface area contributed by atoms with Crippen LogP contribution in [0.3, 0.4) is 0 Å². The van der Waals surface area contributed by atoms with Crippen LogP contribution in [0.2, 0.25) is 0 Å². The number of alkyl halides is 1. The van der Waals surface area contributed by atoms with E-state index in [2.05, 4.69) is 21.6 Å². The van der Waals surface area contributed by atoms with Gasteiger partial charge in [-0.25, -0.2) is 0 Å². The minimum atomic E-state index is -0.268. The first-order chi connectivity index (χ1) is 7.92. The number of hydrogen-bond donors (Lipinski definition) is 2. The molecule has 2 N–H and O–H groups in total. The molecule has 86 valence electrons. The second-order valence-electron chi connectivity index (χ2n) is 3.47. The van der Waals surface area contributed by atoms with E-state index in [0.717, 1.165) is 17.8 Å². The molecule has 0 fully saturated rings. The van der Waals surface area contributed by atoms with Gasteiger partial charge in [0.2, 0.25) is 0 Å². The molecule has 2 rings (SSSR count). The van der Waals surface area contributed by atoms with Gasteiger partial charge in [-0.15, -0.1) is 11.3 Å². The summed E-state index contributed by atoms with van der Waals surface area (Å²) >= 11 is 1.68. The fraction of sp³-hybridized carbons (Fsp3) is 0.364. The Morgan fingerprint density at radius 3 is 3.19 bits per heavy atom. The van der Waals surface area contributed by atoms with Crippen molar-refractivity contribution >= 4 is 11.3 Å². The molecule has 0 radical (unpaired) electrons. The number of halogens is 1. The second kappa shape index (κ2) is 5.77. The predicted octanol–water partition coefficient (Wildman–Crippen LogP) is 2.59. The topological polar surface area (TPSA) is 40.7 Å². The van der Waals surface area contributed by atoms with Crippen molar-refractivity contribution in [2.75, 3.05) is 13.2 Å². The minimum absolute atomic E-state index is 0.268. The summed E-state index contributed by atoms with van der Waals surface area (Å²) in [5, 5.41) is 12.3. The maximum Gasteiger partial charge on any atom is 0.0906 e. The van der Waals surface area contributed by atoms with E-state index in [4.69, 9.17) is 0 Å². The SMILES string of the molecule is FCCCNCc1cn[nH]c1-c1cccs1. The fourth-order valence-electron chi connectivity index (χ4n) is 1.49. The molecule has 0 amide bonds. The second-order valence-corrected chi connectivity index (χ2v) is 4.41. The monoisotopic (exact) mass is 239 g/mol. The first kappa shape index (κ1) is 11.3. The highest BCUT2D eigenvalue weighted by Gasteiger charge is 2.07. The molecular formula is C11H14FN3S. The Bertz CT molecular complexity index is 411. The molecule has 0 aliphatic carbocycles. The van der Waals surface area contributed by atoms with E-state index in [1.807, 2.05) is 17.6 Å². The molecule has 0 saturated carbocycles. The van der Waals surface area contributed by atoms with E-state index in [0.29, 0.717) is 13.0 Å². The van der Waals surface area contributed by atoms with Gasteiger partial charge in [-0.05, 0) is 24.4 Å². The van der Waals surface area contributed by atoms with Crippen LogP contribution in [0.15, 0.2) is 23.7 Å². The number of nitrogens with zero attached hydrogens (tertiary/aromatic N) is 1. The van der Waals surface area contributed by atoms with Gasteiger partial charge in [0, 0.05) is 12.1 Å². The molecule has 0 aliphatic heterocycles. The van der Waals surface area contributed by atoms with E-state index in [9.17, 15) is 4.39 Å². The Balaban J connectivity index is 1.97. The molecular weight excluding hydrogens is 225 g/mol. The normalized spacial score (nSPS) is 10.8.